The second kappa shape index (κ2) is 6.31. The second-order valence-electron chi connectivity index (χ2n) is 6.33. The summed E-state index contributed by atoms with van der Waals surface area (Å²) in [6.07, 6.45) is 3.35. The summed E-state index contributed by atoms with van der Waals surface area (Å²) in [5, 5.41) is 0. The second-order valence-corrected chi connectivity index (χ2v) is 6.33. The van der Waals surface area contributed by atoms with Crippen LogP contribution in [0.2, 0.25) is 0 Å². The highest BCUT2D eigenvalue weighted by Crippen LogP contribution is 2.40. The van der Waals surface area contributed by atoms with Crippen LogP contribution in [0.3, 0.4) is 0 Å². The van der Waals surface area contributed by atoms with Gasteiger partial charge in [-0.15, -0.1) is 12.4 Å². The highest BCUT2D eigenvalue weighted by Gasteiger charge is 2.41. The lowest BCUT2D eigenvalue weighted by Gasteiger charge is -2.38. The first kappa shape index (κ1) is 15.4. The molecule has 22 heavy (non-hydrogen) atoms. The molecule has 0 N–H and O–H groups in total. The minimum atomic E-state index is 0. The quantitative estimate of drug-likeness (QED) is 0.828. The van der Waals surface area contributed by atoms with Crippen molar-refractivity contribution in [3.05, 3.63) is 65.7 Å². The maximum absolute atomic E-state index is 6.31. The number of ether oxygens (including phenoxy) is 1. The van der Waals surface area contributed by atoms with Gasteiger partial charge in [0.15, 0.2) is 0 Å². The third kappa shape index (κ3) is 2.99. The smallest absolute Gasteiger partial charge is 0.123 e. The Morgan fingerprint density at radius 3 is 2.32 bits per heavy atom. The summed E-state index contributed by atoms with van der Waals surface area (Å²) in [5.74, 6) is 1.11. The highest BCUT2D eigenvalue weighted by atomic mass is 35.5. The molecular weight excluding hydrogens is 294 g/mol. The van der Waals surface area contributed by atoms with Gasteiger partial charge in [0, 0.05) is 38.9 Å². The molecule has 4 rings (SSSR count). The van der Waals surface area contributed by atoms with E-state index in [-0.39, 0.29) is 18.0 Å². The van der Waals surface area contributed by atoms with E-state index in [2.05, 4.69) is 59.5 Å². The molecule has 0 aromatic heterocycles. The number of benzene rings is 2. The fourth-order valence-corrected chi connectivity index (χ4v) is 3.60. The number of fused-ring (bicyclic) bond motifs is 1. The van der Waals surface area contributed by atoms with Gasteiger partial charge in [-0.3, -0.25) is 4.90 Å². The molecule has 3 heteroatoms. The van der Waals surface area contributed by atoms with Gasteiger partial charge in [0.25, 0.3) is 0 Å². The summed E-state index contributed by atoms with van der Waals surface area (Å²) < 4.78 is 6.31. The minimum absolute atomic E-state index is 0. The molecule has 2 aromatic carbocycles. The standard InChI is InChI=1S/C19H21NO.ClH/c1-2-6-16(7-3-1)15-20-12-10-19(11-13-20)14-17-8-4-5-9-18(17)21-19;/h1-9H,10-15H2;1H. The van der Waals surface area contributed by atoms with Crippen molar-refractivity contribution >= 4 is 12.4 Å². The molecule has 0 amide bonds. The van der Waals surface area contributed by atoms with Crippen LogP contribution in [0, 0.1) is 0 Å². The summed E-state index contributed by atoms with van der Waals surface area (Å²) in [6, 6.07) is 19.3. The molecule has 116 valence electrons. The summed E-state index contributed by atoms with van der Waals surface area (Å²) in [4.78, 5) is 2.55. The first-order valence-corrected chi connectivity index (χ1v) is 7.86. The molecule has 1 spiro atoms. The van der Waals surface area contributed by atoms with Gasteiger partial charge in [-0.05, 0) is 17.2 Å². The molecule has 1 fully saturated rings. The molecule has 0 atom stereocenters. The summed E-state index contributed by atoms with van der Waals surface area (Å²) in [5.41, 5.74) is 2.86. The lowest BCUT2D eigenvalue weighted by atomic mass is 9.87. The zero-order chi connectivity index (χ0) is 14.1. The van der Waals surface area contributed by atoms with Crippen molar-refractivity contribution in [1.29, 1.82) is 0 Å². The Kier molecular flexibility index (Phi) is 4.42. The Balaban J connectivity index is 0.00000144. The first-order valence-electron chi connectivity index (χ1n) is 7.86. The van der Waals surface area contributed by atoms with E-state index in [9.17, 15) is 0 Å². The Bertz CT molecular complexity index is 593. The van der Waals surface area contributed by atoms with Gasteiger partial charge in [-0.25, -0.2) is 0 Å². The van der Waals surface area contributed by atoms with Crippen molar-refractivity contribution in [2.45, 2.75) is 31.4 Å². The lowest BCUT2D eigenvalue weighted by Crippen LogP contribution is -2.46. The van der Waals surface area contributed by atoms with Crippen LogP contribution in [0.25, 0.3) is 0 Å². The van der Waals surface area contributed by atoms with Gasteiger partial charge < -0.3 is 4.74 Å². The van der Waals surface area contributed by atoms with Crippen LogP contribution in [0.4, 0.5) is 0 Å². The largest absolute Gasteiger partial charge is 0.487 e. The van der Waals surface area contributed by atoms with Crippen molar-refractivity contribution in [1.82, 2.24) is 4.90 Å². The molecule has 2 nitrogen and oxygen atoms in total. The predicted molar refractivity (Wildman–Crippen MR) is 91.7 cm³/mol. The van der Waals surface area contributed by atoms with E-state index in [4.69, 9.17) is 4.74 Å². The molecule has 0 radical (unpaired) electrons. The van der Waals surface area contributed by atoms with Crippen molar-refractivity contribution in [2.75, 3.05) is 13.1 Å². The van der Waals surface area contributed by atoms with Gasteiger partial charge in [0.2, 0.25) is 0 Å². The number of nitrogens with zero attached hydrogens (tertiary/aromatic N) is 1. The van der Waals surface area contributed by atoms with Gasteiger partial charge in [0.05, 0.1) is 0 Å². The number of rotatable bonds is 2. The van der Waals surface area contributed by atoms with Crippen LogP contribution in [0.5, 0.6) is 5.75 Å². The molecule has 2 aromatic rings. The van der Waals surface area contributed by atoms with Crippen LogP contribution in [-0.4, -0.2) is 23.6 Å². The summed E-state index contributed by atoms with van der Waals surface area (Å²) in [7, 11) is 0. The van der Waals surface area contributed by atoms with Gasteiger partial charge >= 0.3 is 0 Å². The number of piperidine rings is 1. The van der Waals surface area contributed by atoms with Gasteiger partial charge in [0.1, 0.15) is 11.4 Å². The van der Waals surface area contributed by atoms with Crippen LogP contribution in [0.15, 0.2) is 54.6 Å². The Morgan fingerprint density at radius 1 is 0.909 bits per heavy atom. The SMILES string of the molecule is Cl.c1ccc(CN2CCC3(CC2)Cc2ccccc2O3)cc1. The number of hydrogen-bond acceptors (Lipinski definition) is 2. The van der Waals surface area contributed by atoms with Crippen molar-refractivity contribution < 1.29 is 4.74 Å². The maximum atomic E-state index is 6.31. The normalized spacial score (nSPS) is 19.3. The van der Waals surface area contributed by atoms with Gasteiger partial charge in [-0.2, -0.15) is 0 Å². The topological polar surface area (TPSA) is 12.5 Å². The molecule has 2 aliphatic rings. The Hall–Kier alpha value is -1.51. The zero-order valence-electron chi connectivity index (χ0n) is 12.7. The summed E-state index contributed by atoms with van der Waals surface area (Å²) in [6.45, 7) is 3.32. The van der Waals surface area contributed by atoms with E-state index in [1.807, 2.05) is 0 Å². The molecule has 1 saturated heterocycles. The van der Waals surface area contributed by atoms with Crippen molar-refractivity contribution in [3.63, 3.8) is 0 Å². The number of likely N-dealkylation sites (tertiary alicyclic amines) is 1. The average molecular weight is 316 g/mol. The minimum Gasteiger partial charge on any atom is -0.487 e. The third-order valence-electron chi connectivity index (χ3n) is 4.83. The Morgan fingerprint density at radius 2 is 1.59 bits per heavy atom. The predicted octanol–water partition coefficient (Wildman–Crippen LogP) is 4.08. The van der Waals surface area contributed by atoms with E-state index in [1.165, 1.54) is 11.1 Å². The first-order chi connectivity index (χ1) is 10.3. The Labute approximate surface area is 138 Å². The van der Waals surface area contributed by atoms with Crippen LogP contribution in [-0.2, 0) is 13.0 Å². The lowest BCUT2D eigenvalue weighted by molar-refractivity contribution is 0.0170. The maximum Gasteiger partial charge on any atom is 0.123 e. The third-order valence-corrected chi connectivity index (χ3v) is 4.83. The van der Waals surface area contributed by atoms with E-state index < -0.39 is 0 Å². The van der Waals surface area contributed by atoms with E-state index >= 15 is 0 Å². The van der Waals surface area contributed by atoms with Gasteiger partial charge in [-0.1, -0.05) is 48.5 Å². The monoisotopic (exact) mass is 315 g/mol. The van der Waals surface area contributed by atoms with Crippen molar-refractivity contribution in [3.8, 4) is 5.75 Å². The zero-order valence-corrected chi connectivity index (χ0v) is 13.5. The highest BCUT2D eigenvalue weighted by molar-refractivity contribution is 5.85. The molecule has 0 aliphatic carbocycles. The van der Waals surface area contributed by atoms with Crippen molar-refractivity contribution in [2.24, 2.45) is 0 Å². The molecule has 0 unspecified atom stereocenters. The van der Waals surface area contributed by atoms with E-state index in [0.717, 1.165) is 44.6 Å². The number of para-hydroxylation sites is 1. The molecule has 0 saturated carbocycles. The van der Waals surface area contributed by atoms with Crippen LogP contribution < -0.4 is 4.74 Å². The van der Waals surface area contributed by atoms with E-state index in [0.29, 0.717) is 0 Å². The fourth-order valence-electron chi connectivity index (χ4n) is 3.60. The number of halogens is 1. The molecule has 2 heterocycles. The molecule has 0 bridgehead atoms. The number of hydrogen-bond donors (Lipinski definition) is 0. The fraction of sp³-hybridized carbons (Fsp3) is 0.368. The average Bonchev–Trinajstić information content (AvgIpc) is 2.89. The molecule has 2 aliphatic heterocycles. The van der Waals surface area contributed by atoms with Crippen LogP contribution in [0.1, 0.15) is 24.0 Å². The van der Waals surface area contributed by atoms with Crippen LogP contribution >= 0.6 is 12.4 Å². The molecular formula is C19H22ClNO. The summed E-state index contributed by atoms with van der Waals surface area (Å²) >= 11 is 0. The van der Waals surface area contributed by atoms with E-state index in [1.54, 1.807) is 0 Å².